The topological polar surface area (TPSA) is 67.4 Å². The van der Waals surface area contributed by atoms with Gasteiger partial charge >= 0.3 is 0 Å². The number of hydrogen-bond acceptors (Lipinski definition) is 4. The number of nitrogens with zero attached hydrogens (tertiary/aromatic N) is 5. The summed E-state index contributed by atoms with van der Waals surface area (Å²) in [4.78, 5) is 15.4. The minimum atomic E-state index is -0.534. The van der Waals surface area contributed by atoms with Crippen LogP contribution in [0.5, 0.6) is 0 Å². The fourth-order valence-electron chi connectivity index (χ4n) is 9.66. The highest BCUT2D eigenvalue weighted by Gasteiger charge is 2.50. The van der Waals surface area contributed by atoms with Gasteiger partial charge in [-0.05, 0) is 80.9 Å². The van der Waals surface area contributed by atoms with Gasteiger partial charge in [-0.15, -0.1) is 0 Å². The smallest absolute Gasteiger partial charge is 0.164 e. The van der Waals surface area contributed by atoms with Crippen molar-refractivity contribution in [2.24, 2.45) is 0 Å². The molecule has 2 aromatic heterocycles. The second kappa shape index (κ2) is 12.3. The van der Waals surface area contributed by atoms with E-state index in [9.17, 15) is 5.26 Å². The summed E-state index contributed by atoms with van der Waals surface area (Å²) in [5, 5.41) is 12.1. The first kappa shape index (κ1) is 32.3. The van der Waals surface area contributed by atoms with Crippen LogP contribution >= 0.6 is 0 Å². The minimum absolute atomic E-state index is 0.534. The summed E-state index contributed by atoms with van der Waals surface area (Å²) >= 11 is 0. The Morgan fingerprint density at radius 2 is 1.00 bits per heavy atom. The molecule has 1 unspecified atom stereocenters. The first-order valence-electron chi connectivity index (χ1n) is 19.5. The molecule has 1 spiro atoms. The van der Waals surface area contributed by atoms with E-state index in [1.54, 1.807) is 0 Å². The average molecular weight is 738 g/mol. The number of nitriles is 1. The normalized spacial score (nSPS) is 14.6. The Balaban J connectivity index is 1.09. The van der Waals surface area contributed by atoms with Gasteiger partial charge in [0.15, 0.2) is 17.5 Å². The number of rotatable bonds is 4. The van der Waals surface area contributed by atoms with Crippen LogP contribution in [0, 0.1) is 11.3 Å². The average Bonchev–Trinajstić information content (AvgIpc) is 3.79. The Labute approximate surface area is 334 Å². The van der Waals surface area contributed by atoms with Crippen molar-refractivity contribution in [3.8, 4) is 68.2 Å². The predicted molar refractivity (Wildman–Crippen MR) is 231 cm³/mol. The maximum Gasteiger partial charge on any atom is 0.164 e. The van der Waals surface area contributed by atoms with E-state index in [-0.39, 0.29) is 0 Å². The van der Waals surface area contributed by atoms with Crippen molar-refractivity contribution in [3.63, 3.8) is 0 Å². The Kier molecular flexibility index (Phi) is 6.84. The van der Waals surface area contributed by atoms with Crippen LogP contribution in [-0.2, 0) is 5.41 Å². The second-order valence-electron chi connectivity index (χ2n) is 15.1. The van der Waals surface area contributed by atoms with Gasteiger partial charge in [0, 0.05) is 27.5 Å². The van der Waals surface area contributed by atoms with Crippen molar-refractivity contribution < 1.29 is 0 Å². The van der Waals surface area contributed by atoms with Crippen LogP contribution in [0.3, 0.4) is 0 Å². The Bertz CT molecular complexity index is 3370. The molecule has 8 aromatic carbocycles. The second-order valence-corrected chi connectivity index (χ2v) is 15.1. The van der Waals surface area contributed by atoms with Crippen molar-refractivity contribution in [2.75, 3.05) is 0 Å². The Morgan fingerprint density at radius 3 is 1.84 bits per heavy atom. The molecular formula is C53H31N5. The summed E-state index contributed by atoms with van der Waals surface area (Å²) in [6, 6.07) is 68.5. The van der Waals surface area contributed by atoms with Gasteiger partial charge in [0.05, 0.1) is 33.8 Å². The molecule has 0 amide bonds. The summed E-state index contributed by atoms with van der Waals surface area (Å²) in [5.41, 5.74) is 15.9. The molecule has 1 aliphatic heterocycles. The molecule has 58 heavy (non-hydrogen) atoms. The van der Waals surface area contributed by atoms with Crippen LogP contribution in [0.1, 0.15) is 27.8 Å². The quantitative estimate of drug-likeness (QED) is 0.180. The number of fused-ring (bicyclic) bond motifs is 12. The van der Waals surface area contributed by atoms with Gasteiger partial charge in [0.2, 0.25) is 0 Å². The van der Waals surface area contributed by atoms with E-state index in [1.807, 2.05) is 66.7 Å². The standard InChI is InChI=1S/C53H31N5/c54-32-33-13-10-16-35(29-33)36-17-11-18-37(30-36)51-55-50(34-14-2-1-3-15-34)56-52(57-51)38-27-28-44-42(31-38)39-19-4-6-22-43(39)53(44)45-23-7-9-26-48(45)58-47-25-8-5-20-40(47)41-21-12-24-46(53)49(41)58/h1-31H. The van der Waals surface area contributed by atoms with E-state index in [2.05, 4.69) is 132 Å². The van der Waals surface area contributed by atoms with Crippen LogP contribution in [0.4, 0.5) is 0 Å². The molecular weight excluding hydrogens is 707 g/mol. The van der Waals surface area contributed by atoms with Crippen molar-refractivity contribution in [2.45, 2.75) is 5.41 Å². The fourth-order valence-corrected chi connectivity index (χ4v) is 9.66. The van der Waals surface area contributed by atoms with Crippen molar-refractivity contribution in [3.05, 3.63) is 216 Å². The molecule has 10 aromatic rings. The van der Waals surface area contributed by atoms with E-state index in [1.165, 1.54) is 60.9 Å². The number of hydrogen-bond donors (Lipinski definition) is 0. The van der Waals surface area contributed by atoms with Gasteiger partial charge in [-0.25, -0.2) is 15.0 Å². The lowest BCUT2D eigenvalue weighted by atomic mass is 9.65. The number of aromatic nitrogens is 4. The molecule has 5 heteroatoms. The van der Waals surface area contributed by atoms with Gasteiger partial charge in [0.1, 0.15) is 0 Å². The molecule has 268 valence electrons. The molecule has 12 rings (SSSR count). The van der Waals surface area contributed by atoms with Crippen molar-refractivity contribution in [1.82, 2.24) is 19.5 Å². The zero-order valence-electron chi connectivity index (χ0n) is 31.1. The third-order valence-corrected chi connectivity index (χ3v) is 12.1. The number of para-hydroxylation sites is 3. The van der Waals surface area contributed by atoms with E-state index in [4.69, 9.17) is 15.0 Å². The monoisotopic (exact) mass is 737 g/mol. The molecule has 0 saturated carbocycles. The molecule has 0 N–H and O–H groups in total. The third-order valence-electron chi connectivity index (χ3n) is 12.1. The third kappa shape index (κ3) is 4.48. The van der Waals surface area contributed by atoms with Gasteiger partial charge < -0.3 is 4.57 Å². The van der Waals surface area contributed by atoms with Gasteiger partial charge in [-0.3, -0.25) is 0 Å². The molecule has 0 saturated heterocycles. The zero-order chi connectivity index (χ0) is 38.4. The van der Waals surface area contributed by atoms with Crippen molar-refractivity contribution in [1.29, 1.82) is 5.26 Å². The highest BCUT2D eigenvalue weighted by Crippen LogP contribution is 2.61. The van der Waals surface area contributed by atoms with Crippen LogP contribution < -0.4 is 0 Å². The molecule has 3 heterocycles. The minimum Gasteiger partial charge on any atom is -0.309 e. The maximum atomic E-state index is 9.57. The molecule has 0 fully saturated rings. The summed E-state index contributed by atoms with van der Waals surface area (Å²) in [7, 11) is 0. The molecule has 1 atom stereocenters. The lowest BCUT2D eigenvalue weighted by Crippen LogP contribution is -2.33. The summed E-state index contributed by atoms with van der Waals surface area (Å²) < 4.78 is 2.47. The van der Waals surface area contributed by atoms with Gasteiger partial charge in [-0.1, -0.05) is 152 Å². The summed E-state index contributed by atoms with van der Waals surface area (Å²) in [5.74, 6) is 1.80. The molecule has 2 aliphatic rings. The maximum absolute atomic E-state index is 9.57. The fraction of sp³-hybridized carbons (Fsp3) is 0.0189. The lowest BCUT2D eigenvalue weighted by Gasteiger charge is -2.39. The van der Waals surface area contributed by atoms with Crippen LogP contribution in [-0.4, -0.2) is 19.5 Å². The molecule has 0 bridgehead atoms. The first-order chi connectivity index (χ1) is 28.7. The van der Waals surface area contributed by atoms with E-state index in [0.29, 0.717) is 23.0 Å². The van der Waals surface area contributed by atoms with E-state index < -0.39 is 5.41 Å². The SMILES string of the molecule is N#Cc1cccc(-c2cccc(-c3nc(-c4ccccc4)nc(-c4ccc5c(c4)-c4ccccc4C54c5ccccc5-n5c6ccccc6c6cccc4c65)n3)c2)c1. The van der Waals surface area contributed by atoms with E-state index in [0.717, 1.165) is 27.8 Å². The van der Waals surface area contributed by atoms with Gasteiger partial charge in [0.25, 0.3) is 0 Å². The zero-order valence-corrected chi connectivity index (χ0v) is 31.1. The molecule has 5 nitrogen and oxygen atoms in total. The lowest BCUT2D eigenvalue weighted by molar-refractivity contribution is 0.748. The van der Waals surface area contributed by atoms with Crippen LogP contribution in [0.25, 0.3) is 83.9 Å². The highest BCUT2D eigenvalue weighted by molar-refractivity contribution is 6.12. The Morgan fingerprint density at radius 1 is 0.414 bits per heavy atom. The van der Waals surface area contributed by atoms with Crippen molar-refractivity contribution >= 4 is 21.8 Å². The number of benzene rings is 8. The summed E-state index contributed by atoms with van der Waals surface area (Å²) in [6.07, 6.45) is 0. The molecule has 1 aliphatic carbocycles. The van der Waals surface area contributed by atoms with E-state index >= 15 is 0 Å². The van der Waals surface area contributed by atoms with Crippen LogP contribution in [0.15, 0.2) is 188 Å². The van der Waals surface area contributed by atoms with Crippen LogP contribution in [0.2, 0.25) is 0 Å². The largest absolute Gasteiger partial charge is 0.309 e. The summed E-state index contributed by atoms with van der Waals surface area (Å²) in [6.45, 7) is 0. The highest BCUT2D eigenvalue weighted by atomic mass is 15.0. The van der Waals surface area contributed by atoms with Gasteiger partial charge in [-0.2, -0.15) is 5.26 Å². The molecule has 0 radical (unpaired) electrons. The first-order valence-corrected chi connectivity index (χ1v) is 19.5. The Hall–Kier alpha value is -7.94. The predicted octanol–water partition coefficient (Wildman–Crippen LogP) is 12.2.